The lowest BCUT2D eigenvalue weighted by Crippen LogP contribution is -2.50. The number of hydrogen-bond donors (Lipinski definition) is 1. The molecule has 0 saturated carbocycles. The Morgan fingerprint density at radius 3 is 2.14 bits per heavy atom. The van der Waals surface area contributed by atoms with Gasteiger partial charge >= 0.3 is 0 Å². The van der Waals surface area contributed by atoms with Crippen molar-refractivity contribution in [3.63, 3.8) is 0 Å². The van der Waals surface area contributed by atoms with Crippen molar-refractivity contribution in [1.82, 2.24) is 10.2 Å². The van der Waals surface area contributed by atoms with E-state index in [4.69, 9.17) is 4.74 Å². The van der Waals surface area contributed by atoms with Gasteiger partial charge in [-0.2, -0.15) is 0 Å². The predicted octanol–water partition coefficient (Wildman–Crippen LogP) is 3.71. The summed E-state index contributed by atoms with van der Waals surface area (Å²) in [6.45, 7) is 5.88. The number of carbonyl (C=O) groups excluding carboxylic acids is 2. The highest BCUT2D eigenvalue weighted by Crippen LogP contribution is 2.17. The first-order chi connectivity index (χ1) is 13.8. The zero-order valence-corrected chi connectivity index (χ0v) is 17.4. The fourth-order valence-electron chi connectivity index (χ4n) is 3.11. The minimum Gasteiger partial charge on any atom is -0.497 e. The molecule has 0 aliphatic carbocycles. The van der Waals surface area contributed by atoms with Crippen molar-refractivity contribution in [2.24, 2.45) is 0 Å². The van der Waals surface area contributed by atoms with Crippen LogP contribution >= 0.6 is 0 Å². The Kier molecular flexibility index (Phi) is 8.19. The molecule has 6 heteroatoms. The molecule has 2 aromatic rings. The topological polar surface area (TPSA) is 58.6 Å². The average molecular weight is 400 g/mol. The molecule has 0 aliphatic heterocycles. The molecule has 1 unspecified atom stereocenters. The Bertz CT molecular complexity index is 804. The van der Waals surface area contributed by atoms with Crippen molar-refractivity contribution in [2.45, 2.75) is 52.2 Å². The van der Waals surface area contributed by atoms with Crippen molar-refractivity contribution >= 4 is 11.8 Å². The Morgan fingerprint density at radius 2 is 1.62 bits per heavy atom. The second-order valence-electron chi connectivity index (χ2n) is 7.26. The number of methoxy groups -OCH3 is 1. The van der Waals surface area contributed by atoms with E-state index in [-0.39, 0.29) is 36.6 Å². The molecule has 2 amide bonds. The van der Waals surface area contributed by atoms with Crippen LogP contribution in [0.5, 0.6) is 5.75 Å². The van der Waals surface area contributed by atoms with E-state index >= 15 is 0 Å². The van der Waals surface area contributed by atoms with Gasteiger partial charge in [0.2, 0.25) is 11.8 Å². The monoisotopic (exact) mass is 400 g/mol. The largest absolute Gasteiger partial charge is 0.497 e. The number of amides is 2. The van der Waals surface area contributed by atoms with Gasteiger partial charge in [0, 0.05) is 12.6 Å². The van der Waals surface area contributed by atoms with Gasteiger partial charge < -0.3 is 15.0 Å². The maximum atomic E-state index is 13.3. The summed E-state index contributed by atoms with van der Waals surface area (Å²) < 4.78 is 18.4. The van der Waals surface area contributed by atoms with Gasteiger partial charge in [-0.3, -0.25) is 9.59 Å². The van der Waals surface area contributed by atoms with Crippen LogP contribution in [0.1, 0.15) is 38.3 Å². The third kappa shape index (κ3) is 6.59. The maximum Gasteiger partial charge on any atom is 0.243 e. The highest BCUT2D eigenvalue weighted by Gasteiger charge is 2.29. The smallest absolute Gasteiger partial charge is 0.243 e. The molecule has 1 N–H and O–H groups in total. The molecule has 1 atom stereocenters. The van der Waals surface area contributed by atoms with E-state index in [0.717, 1.165) is 11.1 Å². The summed E-state index contributed by atoms with van der Waals surface area (Å²) in [4.78, 5) is 27.5. The molecule has 0 aromatic heterocycles. The quantitative estimate of drug-likeness (QED) is 0.698. The second-order valence-corrected chi connectivity index (χ2v) is 7.26. The summed E-state index contributed by atoms with van der Waals surface area (Å²) in [5, 5.41) is 2.89. The van der Waals surface area contributed by atoms with E-state index in [0.29, 0.717) is 12.2 Å². The van der Waals surface area contributed by atoms with Crippen LogP contribution in [0.15, 0.2) is 48.5 Å². The van der Waals surface area contributed by atoms with Crippen LogP contribution in [-0.4, -0.2) is 35.9 Å². The van der Waals surface area contributed by atoms with Crippen LogP contribution in [0, 0.1) is 5.82 Å². The standard InChI is InChI=1S/C23H29FN2O3/c1-5-21(23(28)25-16(2)3)26(15-18-6-10-19(24)11-7-18)22(27)14-17-8-12-20(29-4)13-9-17/h6-13,16,21H,5,14-15H2,1-4H3,(H,25,28). The molecule has 0 aliphatic rings. The summed E-state index contributed by atoms with van der Waals surface area (Å²) in [5.41, 5.74) is 1.60. The number of rotatable bonds is 9. The molecule has 5 nitrogen and oxygen atoms in total. The molecule has 0 radical (unpaired) electrons. The number of carbonyl (C=O) groups is 2. The van der Waals surface area contributed by atoms with Crippen LogP contribution in [0.25, 0.3) is 0 Å². The van der Waals surface area contributed by atoms with Crippen molar-refractivity contribution < 1.29 is 18.7 Å². The number of nitrogens with zero attached hydrogens (tertiary/aromatic N) is 1. The molecule has 0 spiro atoms. The molecule has 29 heavy (non-hydrogen) atoms. The van der Waals surface area contributed by atoms with Crippen molar-refractivity contribution in [1.29, 1.82) is 0 Å². The van der Waals surface area contributed by atoms with Crippen LogP contribution in [0.2, 0.25) is 0 Å². The molecule has 156 valence electrons. The van der Waals surface area contributed by atoms with Gasteiger partial charge in [-0.25, -0.2) is 4.39 Å². The van der Waals surface area contributed by atoms with Gasteiger partial charge in [0.05, 0.1) is 13.5 Å². The molecule has 0 fully saturated rings. The number of benzene rings is 2. The SMILES string of the molecule is CCC(C(=O)NC(C)C)N(Cc1ccc(F)cc1)C(=O)Cc1ccc(OC)cc1. The third-order valence-electron chi connectivity index (χ3n) is 4.60. The van der Waals surface area contributed by atoms with E-state index in [1.807, 2.05) is 32.9 Å². The first kappa shape index (κ1) is 22.4. The first-order valence-electron chi connectivity index (χ1n) is 9.81. The van der Waals surface area contributed by atoms with E-state index in [1.165, 1.54) is 12.1 Å². The van der Waals surface area contributed by atoms with Crippen molar-refractivity contribution in [3.05, 3.63) is 65.5 Å². The summed E-state index contributed by atoms with van der Waals surface area (Å²) in [5.74, 6) is 0.0273. The maximum absolute atomic E-state index is 13.3. The second kappa shape index (κ2) is 10.6. The molecule has 0 saturated heterocycles. The highest BCUT2D eigenvalue weighted by molar-refractivity contribution is 5.88. The predicted molar refractivity (Wildman–Crippen MR) is 111 cm³/mol. The Labute approximate surface area is 171 Å². The van der Waals surface area contributed by atoms with Gasteiger partial charge in [-0.15, -0.1) is 0 Å². The van der Waals surface area contributed by atoms with Gasteiger partial charge in [0.25, 0.3) is 0 Å². The van der Waals surface area contributed by atoms with E-state index in [1.54, 1.807) is 36.3 Å². The van der Waals surface area contributed by atoms with Gasteiger partial charge in [-0.1, -0.05) is 31.2 Å². The van der Waals surface area contributed by atoms with Gasteiger partial charge in [-0.05, 0) is 55.7 Å². The summed E-state index contributed by atoms with van der Waals surface area (Å²) >= 11 is 0. The molecule has 2 rings (SSSR count). The number of ether oxygens (including phenoxy) is 1. The number of halogens is 1. The molecule has 0 heterocycles. The summed E-state index contributed by atoms with van der Waals surface area (Å²) in [6.07, 6.45) is 0.644. The Morgan fingerprint density at radius 1 is 1.03 bits per heavy atom. The van der Waals surface area contributed by atoms with Gasteiger partial charge in [0.1, 0.15) is 17.6 Å². The van der Waals surface area contributed by atoms with Crippen LogP contribution in [-0.2, 0) is 22.6 Å². The van der Waals surface area contributed by atoms with Crippen LogP contribution < -0.4 is 10.1 Å². The fourth-order valence-corrected chi connectivity index (χ4v) is 3.11. The van der Waals surface area contributed by atoms with Gasteiger partial charge in [0.15, 0.2) is 0 Å². The number of hydrogen-bond acceptors (Lipinski definition) is 3. The molecular weight excluding hydrogens is 371 g/mol. The van der Waals surface area contributed by atoms with Crippen molar-refractivity contribution in [2.75, 3.05) is 7.11 Å². The van der Waals surface area contributed by atoms with E-state index in [2.05, 4.69) is 5.32 Å². The summed E-state index contributed by atoms with van der Waals surface area (Å²) in [7, 11) is 1.59. The zero-order valence-electron chi connectivity index (χ0n) is 17.4. The lowest BCUT2D eigenvalue weighted by molar-refractivity contribution is -0.141. The van der Waals surface area contributed by atoms with Crippen molar-refractivity contribution in [3.8, 4) is 5.75 Å². The fraction of sp³-hybridized carbons (Fsp3) is 0.391. The van der Waals surface area contributed by atoms with E-state index < -0.39 is 6.04 Å². The normalized spacial score (nSPS) is 11.8. The molecular formula is C23H29FN2O3. The first-order valence-corrected chi connectivity index (χ1v) is 9.81. The average Bonchev–Trinajstić information content (AvgIpc) is 2.69. The Hall–Kier alpha value is -2.89. The lowest BCUT2D eigenvalue weighted by atomic mass is 10.1. The van der Waals surface area contributed by atoms with E-state index in [9.17, 15) is 14.0 Å². The zero-order chi connectivity index (χ0) is 21.4. The Balaban J connectivity index is 2.26. The molecule has 2 aromatic carbocycles. The summed E-state index contributed by atoms with van der Waals surface area (Å²) in [6, 6.07) is 12.6. The number of nitrogens with one attached hydrogen (secondary N) is 1. The van der Waals surface area contributed by atoms with Crippen LogP contribution in [0.3, 0.4) is 0 Å². The lowest BCUT2D eigenvalue weighted by Gasteiger charge is -2.31. The minimum atomic E-state index is -0.604. The highest BCUT2D eigenvalue weighted by atomic mass is 19.1. The minimum absolute atomic E-state index is 0.0269. The molecule has 0 bridgehead atoms. The van der Waals surface area contributed by atoms with Crippen LogP contribution in [0.4, 0.5) is 4.39 Å². The third-order valence-corrected chi connectivity index (χ3v) is 4.60.